The molecule has 1 aromatic carbocycles. The molecule has 1 aromatic heterocycles. The predicted octanol–water partition coefficient (Wildman–Crippen LogP) is 3.20. The Balaban J connectivity index is 2.93. The molecule has 1 heterocycles. The van der Waals surface area contributed by atoms with Gasteiger partial charge in [-0.1, -0.05) is 0 Å². The van der Waals surface area contributed by atoms with Gasteiger partial charge in [-0.15, -0.1) is 0 Å². The van der Waals surface area contributed by atoms with Gasteiger partial charge in [-0.2, -0.15) is 0 Å². The number of nitrogens with zero attached hydrogens (tertiary/aromatic N) is 1. The van der Waals surface area contributed by atoms with Crippen molar-refractivity contribution in [2.45, 2.75) is 33.2 Å². The lowest BCUT2D eigenvalue weighted by molar-refractivity contribution is 0.0679. The number of fused-ring (bicyclic) bond motifs is 1. The molecule has 0 fully saturated rings. The molecule has 3 heteroatoms. The summed E-state index contributed by atoms with van der Waals surface area (Å²) in [6.45, 7) is 8.01. The molecule has 1 N–H and O–H groups in total. The topological polar surface area (TPSA) is 42.2 Å². The molecule has 0 unspecified atom stereocenters. The SMILES string of the molecule is Cc1c[c]cc2cc(C(=O)O)n(C(C)(C)C)c12. The lowest BCUT2D eigenvalue weighted by Crippen LogP contribution is -2.25. The number of aromatic nitrogens is 1. The van der Waals surface area contributed by atoms with Gasteiger partial charge in [0, 0.05) is 10.9 Å². The maximum Gasteiger partial charge on any atom is 0.352 e. The number of aryl methyl sites for hydroxylation is 1. The number of aromatic carboxylic acids is 1. The molecular formula is C14H16NO2. The van der Waals surface area contributed by atoms with Crippen LogP contribution >= 0.6 is 0 Å². The molecule has 0 aliphatic heterocycles. The van der Waals surface area contributed by atoms with Crippen molar-refractivity contribution in [3.63, 3.8) is 0 Å². The van der Waals surface area contributed by atoms with Crippen molar-refractivity contribution in [2.24, 2.45) is 0 Å². The van der Waals surface area contributed by atoms with E-state index in [1.807, 2.05) is 44.4 Å². The lowest BCUT2D eigenvalue weighted by atomic mass is 10.1. The summed E-state index contributed by atoms with van der Waals surface area (Å²) >= 11 is 0. The number of carbonyl (C=O) groups is 1. The van der Waals surface area contributed by atoms with Crippen LogP contribution in [0.4, 0.5) is 0 Å². The van der Waals surface area contributed by atoms with Gasteiger partial charge in [-0.3, -0.25) is 0 Å². The Morgan fingerprint density at radius 3 is 2.53 bits per heavy atom. The van der Waals surface area contributed by atoms with Crippen molar-refractivity contribution in [2.75, 3.05) is 0 Å². The second kappa shape index (κ2) is 3.62. The normalized spacial score (nSPS) is 12.0. The van der Waals surface area contributed by atoms with Crippen LogP contribution in [0.2, 0.25) is 0 Å². The van der Waals surface area contributed by atoms with Crippen LogP contribution in [0.15, 0.2) is 18.2 Å². The Hall–Kier alpha value is -1.77. The third-order valence-electron chi connectivity index (χ3n) is 2.83. The molecule has 89 valence electrons. The third kappa shape index (κ3) is 1.82. The molecule has 0 bridgehead atoms. The summed E-state index contributed by atoms with van der Waals surface area (Å²) in [5.74, 6) is -0.893. The van der Waals surface area contributed by atoms with Gasteiger partial charge in [0.15, 0.2) is 0 Å². The van der Waals surface area contributed by atoms with E-state index in [0.717, 1.165) is 16.5 Å². The first-order valence-corrected chi connectivity index (χ1v) is 5.58. The molecule has 0 saturated carbocycles. The highest BCUT2D eigenvalue weighted by Gasteiger charge is 2.24. The van der Waals surface area contributed by atoms with E-state index in [9.17, 15) is 9.90 Å². The third-order valence-corrected chi connectivity index (χ3v) is 2.83. The summed E-state index contributed by atoms with van der Waals surface area (Å²) in [6.07, 6.45) is 0. The predicted molar refractivity (Wildman–Crippen MR) is 67.5 cm³/mol. The van der Waals surface area contributed by atoms with Gasteiger partial charge in [0.2, 0.25) is 0 Å². The number of benzene rings is 1. The molecule has 3 nitrogen and oxygen atoms in total. The molecular weight excluding hydrogens is 214 g/mol. The molecule has 17 heavy (non-hydrogen) atoms. The Labute approximate surface area is 101 Å². The van der Waals surface area contributed by atoms with Crippen LogP contribution in [-0.4, -0.2) is 15.6 Å². The number of rotatable bonds is 1. The zero-order valence-electron chi connectivity index (χ0n) is 10.5. The Kier molecular flexibility index (Phi) is 2.49. The van der Waals surface area contributed by atoms with Gasteiger partial charge in [0.1, 0.15) is 5.69 Å². The zero-order valence-corrected chi connectivity index (χ0v) is 10.5. The van der Waals surface area contributed by atoms with Crippen molar-refractivity contribution < 1.29 is 9.90 Å². The summed E-state index contributed by atoms with van der Waals surface area (Å²) in [5, 5.41) is 10.2. The van der Waals surface area contributed by atoms with Gasteiger partial charge in [-0.25, -0.2) is 4.79 Å². The van der Waals surface area contributed by atoms with Crippen molar-refractivity contribution in [3.8, 4) is 0 Å². The van der Waals surface area contributed by atoms with Crippen LogP contribution in [0.3, 0.4) is 0 Å². The Bertz CT molecular complexity index is 588. The fraction of sp³-hybridized carbons (Fsp3) is 0.357. The smallest absolute Gasteiger partial charge is 0.352 e. The second-order valence-corrected chi connectivity index (χ2v) is 5.28. The summed E-state index contributed by atoms with van der Waals surface area (Å²) in [7, 11) is 0. The van der Waals surface area contributed by atoms with E-state index in [2.05, 4.69) is 6.07 Å². The Morgan fingerprint density at radius 2 is 2.00 bits per heavy atom. The van der Waals surface area contributed by atoms with Crippen LogP contribution < -0.4 is 0 Å². The average molecular weight is 230 g/mol. The summed E-state index contributed by atoms with van der Waals surface area (Å²) in [6, 6.07) is 8.46. The van der Waals surface area contributed by atoms with E-state index in [1.54, 1.807) is 6.07 Å². The highest BCUT2D eigenvalue weighted by atomic mass is 16.4. The molecule has 0 aliphatic carbocycles. The van der Waals surface area contributed by atoms with E-state index >= 15 is 0 Å². The van der Waals surface area contributed by atoms with Crippen LogP contribution in [-0.2, 0) is 5.54 Å². The van der Waals surface area contributed by atoms with Crippen LogP contribution in [0.25, 0.3) is 10.9 Å². The minimum absolute atomic E-state index is 0.262. The molecule has 1 radical (unpaired) electrons. The molecule has 0 spiro atoms. The van der Waals surface area contributed by atoms with Crippen LogP contribution in [0.5, 0.6) is 0 Å². The van der Waals surface area contributed by atoms with E-state index < -0.39 is 5.97 Å². The van der Waals surface area contributed by atoms with Crippen LogP contribution in [0.1, 0.15) is 36.8 Å². The maximum atomic E-state index is 11.3. The number of hydrogen-bond donors (Lipinski definition) is 1. The summed E-state index contributed by atoms with van der Waals surface area (Å²) in [5.41, 5.74) is 2.09. The van der Waals surface area contributed by atoms with Crippen molar-refractivity contribution in [1.29, 1.82) is 0 Å². The standard InChI is InChI=1S/C14H16NO2/c1-9-6-5-7-10-8-11(13(16)17)15(12(9)10)14(2,3)4/h6-8H,1-4H3,(H,16,17). The summed E-state index contributed by atoms with van der Waals surface area (Å²) < 4.78 is 1.88. The first kappa shape index (κ1) is 11.7. The zero-order chi connectivity index (χ0) is 12.8. The minimum atomic E-state index is -0.893. The highest BCUT2D eigenvalue weighted by molar-refractivity contribution is 5.95. The van der Waals surface area contributed by atoms with Crippen molar-refractivity contribution in [3.05, 3.63) is 35.5 Å². The highest BCUT2D eigenvalue weighted by Crippen LogP contribution is 2.29. The van der Waals surface area contributed by atoms with Gasteiger partial charge >= 0.3 is 5.97 Å². The quantitative estimate of drug-likeness (QED) is 0.817. The van der Waals surface area contributed by atoms with Crippen molar-refractivity contribution >= 4 is 16.9 Å². The van der Waals surface area contributed by atoms with Gasteiger partial charge < -0.3 is 9.67 Å². The molecule has 2 rings (SSSR count). The summed E-state index contributed by atoms with van der Waals surface area (Å²) in [4.78, 5) is 11.3. The molecule has 0 atom stereocenters. The first-order chi connectivity index (χ1) is 7.82. The van der Waals surface area contributed by atoms with Gasteiger partial charge in [-0.05, 0) is 57.5 Å². The number of carboxylic acids is 1. The van der Waals surface area contributed by atoms with E-state index in [0.29, 0.717) is 5.69 Å². The average Bonchev–Trinajstić information content (AvgIpc) is 2.57. The molecule has 0 saturated heterocycles. The minimum Gasteiger partial charge on any atom is -0.477 e. The molecule has 2 aromatic rings. The van der Waals surface area contributed by atoms with E-state index in [4.69, 9.17) is 0 Å². The Morgan fingerprint density at radius 1 is 1.35 bits per heavy atom. The molecule has 0 aliphatic rings. The van der Waals surface area contributed by atoms with Gasteiger partial charge in [0.25, 0.3) is 0 Å². The second-order valence-electron chi connectivity index (χ2n) is 5.28. The molecule has 0 amide bonds. The van der Waals surface area contributed by atoms with Crippen LogP contribution in [0, 0.1) is 13.0 Å². The lowest BCUT2D eigenvalue weighted by Gasteiger charge is -2.25. The fourth-order valence-corrected chi connectivity index (χ4v) is 2.22. The fourth-order valence-electron chi connectivity index (χ4n) is 2.22. The largest absolute Gasteiger partial charge is 0.477 e. The monoisotopic (exact) mass is 230 g/mol. The van der Waals surface area contributed by atoms with E-state index in [1.165, 1.54) is 0 Å². The van der Waals surface area contributed by atoms with Crippen molar-refractivity contribution in [1.82, 2.24) is 4.57 Å². The number of carboxylic acid groups (broad SMARTS) is 1. The number of hydrogen-bond acceptors (Lipinski definition) is 1. The van der Waals surface area contributed by atoms with E-state index in [-0.39, 0.29) is 5.54 Å². The van der Waals surface area contributed by atoms with Gasteiger partial charge in [0.05, 0.1) is 5.52 Å². The first-order valence-electron chi connectivity index (χ1n) is 5.58. The maximum absolute atomic E-state index is 11.3.